The van der Waals surface area contributed by atoms with Gasteiger partial charge in [0.2, 0.25) is 21.8 Å². The summed E-state index contributed by atoms with van der Waals surface area (Å²) in [7, 11) is -2.74. The molecule has 10 heteroatoms. The van der Waals surface area contributed by atoms with Gasteiger partial charge in [0.1, 0.15) is 17.1 Å². The van der Waals surface area contributed by atoms with Crippen LogP contribution in [0.15, 0.2) is 60.8 Å². The number of sulfonamides is 1. The molecule has 1 unspecified atom stereocenters. The van der Waals surface area contributed by atoms with Crippen LogP contribution in [0.5, 0.6) is 17.2 Å². The number of halogens is 3. The van der Waals surface area contributed by atoms with Gasteiger partial charge < -0.3 is 9.47 Å². The number of alkyl halides is 1. The van der Waals surface area contributed by atoms with Crippen LogP contribution in [0.2, 0.25) is 0 Å². The summed E-state index contributed by atoms with van der Waals surface area (Å²) in [5.74, 6) is -5.39. The van der Waals surface area contributed by atoms with Crippen LogP contribution in [0.1, 0.15) is 18.1 Å². The molecule has 3 rings (SSSR count). The number of aromatic nitrogens is 1. The van der Waals surface area contributed by atoms with Gasteiger partial charge >= 0.3 is 0 Å². The van der Waals surface area contributed by atoms with E-state index in [1.54, 1.807) is 29.0 Å². The minimum Gasteiger partial charge on any atom is -0.493 e. The van der Waals surface area contributed by atoms with E-state index in [0.29, 0.717) is 11.5 Å². The highest BCUT2D eigenvalue weighted by Crippen LogP contribution is 2.37. The Hall–Kier alpha value is -3.11. The van der Waals surface area contributed by atoms with Crippen LogP contribution >= 0.6 is 0 Å². The first kappa shape index (κ1) is 22.6. The predicted octanol–water partition coefficient (Wildman–Crippen LogP) is 4.27. The first-order chi connectivity index (χ1) is 14.7. The van der Waals surface area contributed by atoms with Crippen molar-refractivity contribution in [3.8, 4) is 17.2 Å². The number of pyridine rings is 1. The Morgan fingerprint density at radius 3 is 2.26 bits per heavy atom. The first-order valence-corrected chi connectivity index (χ1v) is 10.8. The molecule has 6 nitrogen and oxygen atoms in total. The lowest BCUT2D eigenvalue weighted by Crippen LogP contribution is -2.45. The second kappa shape index (κ2) is 8.94. The fourth-order valence-electron chi connectivity index (χ4n) is 2.84. The van der Waals surface area contributed by atoms with Crippen molar-refractivity contribution in [2.24, 2.45) is 0 Å². The number of nitrogens with zero attached hydrogens (tertiary/aromatic N) is 1. The van der Waals surface area contributed by atoms with E-state index in [1.165, 1.54) is 26.2 Å². The van der Waals surface area contributed by atoms with Crippen molar-refractivity contribution in [2.45, 2.75) is 12.7 Å². The summed E-state index contributed by atoms with van der Waals surface area (Å²) in [6, 6.07) is 12.6. The smallest absolute Gasteiger partial charge is 0.232 e. The summed E-state index contributed by atoms with van der Waals surface area (Å²) in [5, 5.41) is 0. The monoisotopic (exact) mass is 452 g/mol. The number of nitrogens with one attached hydrogen (secondary N) is 1. The molecule has 2 aromatic carbocycles. The maximum Gasteiger partial charge on any atom is 0.232 e. The third kappa shape index (κ3) is 4.80. The Morgan fingerprint density at radius 1 is 1.03 bits per heavy atom. The lowest BCUT2D eigenvalue weighted by molar-refractivity contribution is 0.188. The first-order valence-electron chi connectivity index (χ1n) is 9.12. The number of benzene rings is 2. The highest BCUT2D eigenvalue weighted by atomic mass is 32.2. The average Bonchev–Trinajstić information content (AvgIpc) is 2.74. The van der Waals surface area contributed by atoms with Gasteiger partial charge in [-0.3, -0.25) is 0 Å². The van der Waals surface area contributed by atoms with Crippen molar-refractivity contribution in [3.63, 3.8) is 0 Å². The van der Waals surface area contributed by atoms with E-state index >= 15 is 4.39 Å². The third-order valence-electron chi connectivity index (χ3n) is 4.42. The predicted molar refractivity (Wildman–Crippen MR) is 108 cm³/mol. The Kier molecular flexibility index (Phi) is 6.51. The van der Waals surface area contributed by atoms with E-state index in [4.69, 9.17) is 9.47 Å². The van der Waals surface area contributed by atoms with E-state index in [1.807, 2.05) is 0 Å². The Bertz CT molecular complexity index is 1150. The molecule has 1 aromatic heterocycles. The van der Waals surface area contributed by atoms with E-state index in [0.717, 1.165) is 24.4 Å². The van der Waals surface area contributed by atoms with Crippen molar-refractivity contribution in [3.05, 3.63) is 83.7 Å². The fraction of sp³-hybridized carbons (Fsp3) is 0.190. The molecule has 0 saturated heterocycles. The fourth-order valence-corrected chi connectivity index (χ4v) is 3.64. The molecule has 0 aliphatic rings. The highest BCUT2D eigenvalue weighted by Gasteiger charge is 2.43. The van der Waals surface area contributed by atoms with Crippen molar-refractivity contribution in [1.82, 2.24) is 9.71 Å². The number of rotatable bonds is 8. The van der Waals surface area contributed by atoms with Gasteiger partial charge in [0.05, 0.1) is 12.9 Å². The van der Waals surface area contributed by atoms with Crippen LogP contribution < -0.4 is 14.2 Å². The van der Waals surface area contributed by atoms with E-state index in [9.17, 15) is 17.2 Å². The molecule has 0 fully saturated rings. The van der Waals surface area contributed by atoms with E-state index in [2.05, 4.69) is 4.98 Å². The Morgan fingerprint density at radius 2 is 1.68 bits per heavy atom. The molecular weight excluding hydrogens is 433 g/mol. The second-order valence-corrected chi connectivity index (χ2v) is 8.41. The van der Waals surface area contributed by atoms with Crippen molar-refractivity contribution < 1.29 is 31.1 Å². The topological polar surface area (TPSA) is 77.5 Å². The van der Waals surface area contributed by atoms with Gasteiger partial charge in [0.15, 0.2) is 11.5 Å². The van der Waals surface area contributed by atoms with Gasteiger partial charge in [-0.2, -0.15) is 9.11 Å². The molecule has 1 heterocycles. The molecule has 0 radical (unpaired) electrons. The zero-order valence-corrected chi connectivity index (χ0v) is 17.4. The summed E-state index contributed by atoms with van der Waals surface area (Å²) in [6.07, 6.45) is 0.813. The summed E-state index contributed by atoms with van der Waals surface area (Å²) < 4.78 is 81.6. The molecule has 0 spiro atoms. The molecule has 31 heavy (non-hydrogen) atoms. The van der Waals surface area contributed by atoms with Gasteiger partial charge in [0.25, 0.3) is 0 Å². The standard InChI is InChI=1S/C21H19F3N2O4S/c1-3-31(27,28)26-21(24,19-16(22)12-13-25-20(19)23)14-8-10-15(11-9-14)30-18-7-5-4-6-17(18)29-2/h4-13,26H,3H2,1-2H3. The zero-order chi connectivity index (χ0) is 22.6. The van der Waals surface area contributed by atoms with Gasteiger partial charge in [-0.25, -0.2) is 22.2 Å². The zero-order valence-electron chi connectivity index (χ0n) is 16.6. The van der Waals surface area contributed by atoms with Gasteiger partial charge in [-0.05, 0) is 37.3 Å². The quantitative estimate of drug-likeness (QED) is 0.408. The van der Waals surface area contributed by atoms with Crippen LogP contribution in [0.25, 0.3) is 0 Å². The third-order valence-corrected chi connectivity index (χ3v) is 5.78. The molecule has 1 N–H and O–H groups in total. The van der Waals surface area contributed by atoms with Gasteiger partial charge in [0, 0.05) is 11.8 Å². The SMILES string of the molecule is CCS(=O)(=O)NC(F)(c1ccc(Oc2ccccc2OC)cc1)c1c(F)ccnc1F. The molecule has 0 saturated carbocycles. The highest BCUT2D eigenvalue weighted by molar-refractivity contribution is 7.89. The molecule has 164 valence electrons. The van der Waals surface area contributed by atoms with Crippen molar-refractivity contribution in [2.75, 3.05) is 12.9 Å². The number of para-hydroxylation sites is 2. The second-order valence-electron chi connectivity index (χ2n) is 6.40. The normalized spacial score (nSPS) is 13.5. The van der Waals surface area contributed by atoms with Gasteiger partial charge in [-0.15, -0.1) is 0 Å². The summed E-state index contributed by atoms with van der Waals surface area (Å²) >= 11 is 0. The van der Waals surface area contributed by atoms with Crippen LogP contribution in [-0.2, 0) is 15.8 Å². The van der Waals surface area contributed by atoms with Crippen LogP contribution in [0.4, 0.5) is 13.2 Å². The lowest BCUT2D eigenvalue weighted by Gasteiger charge is -2.27. The van der Waals surface area contributed by atoms with Crippen molar-refractivity contribution >= 4 is 10.0 Å². The summed E-state index contributed by atoms with van der Waals surface area (Å²) in [5.41, 5.74) is -1.52. The Balaban J connectivity index is 2.04. The van der Waals surface area contributed by atoms with Crippen molar-refractivity contribution in [1.29, 1.82) is 0 Å². The summed E-state index contributed by atoms with van der Waals surface area (Å²) in [6.45, 7) is 1.27. The Labute approximate surface area is 177 Å². The molecule has 0 aliphatic carbocycles. The number of hydrogen-bond acceptors (Lipinski definition) is 5. The van der Waals surface area contributed by atoms with Gasteiger partial charge in [-0.1, -0.05) is 24.3 Å². The van der Waals surface area contributed by atoms with Crippen LogP contribution in [0, 0.1) is 11.8 Å². The maximum absolute atomic E-state index is 16.1. The van der Waals surface area contributed by atoms with Crippen LogP contribution in [0.3, 0.4) is 0 Å². The minimum atomic E-state index is -4.21. The van der Waals surface area contributed by atoms with Crippen LogP contribution in [-0.4, -0.2) is 26.3 Å². The maximum atomic E-state index is 16.1. The number of methoxy groups -OCH3 is 1. The molecule has 0 bridgehead atoms. The minimum absolute atomic E-state index is 0.265. The van der Waals surface area contributed by atoms with E-state index < -0.39 is 38.9 Å². The summed E-state index contributed by atoms with van der Waals surface area (Å²) in [4.78, 5) is 3.26. The molecular formula is C21H19F3N2O4S. The number of hydrogen-bond donors (Lipinski definition) is 1. The molecule has 0 amide bonds. The number of ether oxygens (including phenoxy) is 2. The molecule has 1 atom stereocenters. The lowest BCUT2D eigenvalue weighted by atomic mass is 9.97. The molecule has 0 aliphatic heterocycles. The average molecular weight is 452 g/mol. The largest absolute Gasteiger partial charge is 0.493 e. The molecule has 3 aromatic rings. The van der Waals surface area contributed by atoms with E-state index in [-0.39, 0.29) is 11.3 Å².